The lowest BCUT2D eigenvalue weighted by Crippen LogP contribution is -2.33. The molecular formula is C17H28N4. The summed E-state index contributed by atoms with van der Waals surface area (Å²) in [7, 11) is 2.17. The van der Waals surface area contributed by atoms with Crippen LogP contribution in [-0.2, 0) is 13.1 Å². The van der Waals surface area contributed by atoms with Gasteiger partial charge in [-0.3, -0.25) is 0 Å². The van der Waals surface area contributed by atoms with Crippen molar-refractivity contribution < 1.29 is 0 Å². The maximum absolute atomic E-state index is 4.77. The van der Waals surface area contributed by atoms with Crippen LogP contribution < -0.4 is 5.32 Å². The number of hydrogen-bond donors (Lipinski definition) is 1. The molecule has 0 atom stereocenters. The lowest BCUT2D eigenvalue weighted by molar-refractivity contribution is 0.273. The molecule has 0 saturated heterocycles. The van der Waals surface area contributed by atoms with Crippen molar-refractivity contribution in [3.8, 4) is 0 Å². The number of nitrogens with one attached hydrogen (secondary N) is 1. The first kappa shape index (κ1) is 16.0. The van der Waals surface area contributed by atoms with Gasteiger partial charge in [-0.1, -0.05) is 19.1 Å². The normalized spacial score (nSPS) is 11.9. The van der Waals surface area contributed by atoms with Gasteiger partial charge in [0, 0.05) is 25.7 Å². The Morgan fingerprint density at radius 2 is 2.05 bits per heavy atom. The topological polar surface area (TPSA) is 33.1 Å². The predicted molar refractivity (Wildman–Crippen MR) is 89.5 cm³/mol. The van der Waals surface area contributed by atoms with E-state index in [9.17, 15) is 0 Å². The van der Waals surface area contributed by atoms with E-state index in [1.165, 1.54) is 5.52 Å². The van der Waals surface area contributed by atoms with Crippen LogP contribution in [0.5, 0.6) is 0 Å². The molecular weight excluding hydrogens is 260 g/mol. The number of para-hydroxylation sites is 2. The van der Waals surface area contributed by atoms with Gasteiger partial charge in [-0.15, -0.1) is 0 Å². The lowest BCUT2D eigenvalue weighted by atomic mass is 10.3. The molecule has 4 nitrogen and oxygen atoms in total. The number of aromatic nitrogens is 2. The average molecular weight is 288 g/mol. The van der Waals surface area contributed by atoms with Gasteiger partial charge >= 0.3 is 0 Å². The van der Waals surface area contributed by atoms with E-state index in [2.05, 4.69) is 66.9 Å². The number of rotatable bonds is 8. The Kier molecular flexibility index (Phi) is 5.76. The Bertz CT molecular complexity index is 559. The second kappa shape index (κ2) is 7.57. The van der Waals surface area contributed by atoms with Gasteiger partial charge in [0.2, 0.25) is 0 Å². The van der Waals surface area contributed by atoms with Crippen LogP contribution >= 0.6 is 0 Å². The third-order valence-corrected chi connectivity index (χ3v) is 3.99. The van der Waals surface area contributed by atoms with Crippen molar-refractivity contribution in [2.45, 2.75) is 46.3 Å². The second-order valence-corrected chi connectivity index (χ2v) is 5.92. The molecule has 21 heavy (non-hydrogen) atoms. The van der Waals surface area contributed by atoms with E-state index in [1.807, 2.05) is 0 Å². The summed E-state index contributed by atoms with van der Waals surface area (Å²) in [4.78, 5) is 7.12. The third kappa shape index (κ3) is 4.05. The molecule has 0 fully saturated rings. The Morgan fingerprint density at radius 1 is 1.29 bits per heavy atom. The first-order valence-corrected chi connectivity index (χ1v) is 7.98. The van der Waals surface area contributed by atoms with Crippen LogP contribution in [0.25, 0.3) is 11.0 Å². The molecule has 1 heterocycles. The smallest absolute Gasteiger partial charge is 0.123 e. The van der Waals surface area contributed by atoms with Gasteiger partial charge in [-0.25, -0.2) is 4.98 Å². The van der Waals surface area contributed by atoms with Gasteiger partial charge in [0.1, 0.15) is 5.82 Å². The van der Waals surface area contributed by atoms with E-state index in [4.69, 9.17) is 4.98 Å². The van der Waals surface area contributed by atoms with E-state index in [0.717, 1.165) is 43.9 Å². The number of imidazole rings is 1. The largest absolute Gasteiger partial charge is 0.327 e. The molecule has 0 aliphatic rings. The van der Waals surface area contributed by atoms with E-state index in [-0.39, 0.29) is 0 Å². The van der Waals surface area contributed by atoms with Crippen LogP contribution in [0.2, 0.25) is 0 Å². The minimum Gasteiger partial charge on any atom is -0.327 e. The Morgan fingerprint density at radius 3 is 2.76 bits per heavy atom. The summed E-state index contributed by atoms with van der Waals surface area (Å²) in [5.74, 6) is 1.14. The van der Waals surface area contributed by atoms with E-state index < -0.39 is 0 Å². The van der Waals surface area contributed by atoms with Gasteiger partial charge in [0.15, 0.2) is 0 Å². The fourth-order valence-electron chi connectivity index (χ4n) is 2.45. The summed E-state index contributed by atoms with van der Waals surface area (Å²) in [6, 6.07) is 8.99. The summed E-state index contributed by atoms with van der Waals surface area (Å²) in [5.41, 5.74) is 2.34. The van der Waals surface area contributed by atoms with Gasteiger partial charge in [0.05, 0.1) is 17.6 Å². The first-order valence-electron chi connectivity index (χ1n) is 7.98. The molecule has 1 aromatic heterocycles. The van der Waals surface area contributed by atoms with Crippen molar-refractivity contribution in [1.82, 2.24) is 19.8 Å². The molecule has 0 saturated carbocycles. The quantitative estimate of drug-likeness (QED) is 0.758. The second-order valence-electron chi connectivity index (χ2n) is 5.92. The summed E-state index contributed by atoms with van der Waals surface area (Å²) in [5, 5.41) is 3.52. The predicted octanol–water partition coefficient (Wildman–Crippen LogP) is 2.88. The fraction of sp³-hybridized carbons (Fsp3) is 0.588. The van der Waals surface area contributed by atoms with Gasteiger partial charge in [-0.05, 0) is 39.4 Å². The molecule has 116 valence electrons. The highest BCUT2D eigenvalue weighted by molar-refractivity contribution is 5.75. The molecule has 1 aromatic carbocycles. The molecule has 0 spiro atoms. The van der Waals surface area contributed by atoms with Crippen molar-refractivity contribution in [1.29, 1.82) is 0 Å². The highest BCUT2D eigenvalue weighted by Gasteiger charge is 2.09. The van der Waals surface area contributed by atoms with Crippen molar-refractivity contribution in [2.75, 3.05) is 20.1 Å². The minimum atomic E-state index is 0.594. The Labute approximate surface area is 128 Å². The number of fused-ring (bicyclic) bond motifs is 1. The van der Waals surface area contributed by atoms with Crippen LogP contribution in [-0.4, -0.2) is 40.6 Å². The highest BCUT2D eigenvalue weighted by atomic mass is 15.1. The zero-order valence-electron chi connectivity index (χ0n) is 13.8. The fourth-order valence-corrected chi connectivity index (χ4v) is 2.45. The maximum atomic E-state index is 4.77. The highest BCUT2D eigenvalue weighted by Crippen LogP contribution is 2.16. The minimum absolute atomic E-state index is 0.594. The summed E-state index contributed by atoms with van der Waals surface area (Å²) in [6.45, 7) is 10.6. The zero-order chi connectivity index (χ0) is 15.2. The zero-order valence-corrected chi connectivity index (χ0v) is 13.8. The molecule has 0 radical (unpaired) electrons. The van der Waals surface area contributed by atoms with Crippen molar-refractivity contribution >= 4 is 11.0 Å². The number of likely N-dealkylation sites (N-methyl/N-ethyl adjacent to an activating group) is 1. The average Bonchev–Trinajstić information content (AvgIpc) is 2.82. The van der Waals surface area contributed by atoms with E-state index >= 15 is 0 Å². The number of aryl methyl sites for hydroxylation is 1. The molecule has 0 amide bonds. The molecule has 2 aromatic rings. The number of nitrogens with zero attached hydrogens (tertiary/aromatic N) is 3. The maximum Gasteiger partial charge on any atom is 0.123 e. The van der Waals surface area contributed by atoms with Crippen LogP contribution in [0.3, 0.4) is 0 Å². The van der Waals surface area contributed by atoms with Gasteiger partial charge < -0.3 is 14.8 Å². The van der Waals surface area contributed by atoms with Crippen molar-refractivity contribution in [2.24, 2.45) is 0 Å². The van der Waals surface area contributed by atoms with Crippen molar-refractivity contribution in [3.63, 3.8) is 0 Å². The summed E-state index contributed by atoms with van der Waals surface area (Å²) >= 11 is 0. The van der Waals surface area contributed by atoms with Crippen LogP contribution in [0.4, 0.5) is 0 Å². The van der Waals surface area contributed by atoms with Gasteiger partial charge in [-0.2, -0.15) is 0 Å². The Balaban J connectivity index is 1.99. The Hall–Kier alpha value is -1.39. The number of hydrogen-bond acceptors (Lipinski definition) is 3. The molecule has 4 heteroatoms. The van der Waals surface area contributed by atoms with E-state index in [0.29, 0.717) is 6.04 Å². The summed E-state index contributed by atoms with van der Waals surface area (Å²) in [6.07, 6.45) is 1.13. The SMILES string of the molecule is CCCn1c(CNCCN(C)C(C)C)nc2ccccc21. The lowest BCUT2D eigenvalue weighted by Gasteiger charge is -2.20. The monoisotopic (exact) mass is 288 g/mol. The van der Waals surface area contributed by atoms with Crippen LogP contribution in [0, 0.1) is 0 Å². The van der Waals surface area contributed by atoms with Crippen molar-refractivity contribution in [3.05, 3.63) is 30.1 Å². The molecule has 0 aliphatic carbocycles. The molecule has 1 N–H and O–H groups in total. The number of benzene rings is 1. The van der Waals surface area contributed by atoms with Crippen LogP contribution in [0.1, 0.15) is 33.0 Å². The molecule has 0 unspecified atom stereocenters. The third-order valence-electron chi connectivity index (χ3n) is 3.99. The molecule has 2 rings (SSSR count). The molecule has 0 aliphatic heterocycles. The van der Waals surface area contributed by atoms with Gasteiger partial charge in [0.25, 0.3) is 0 Å². The first-order chi connectivity index (χ1) is 10.1. The molecule has 0 bridgehead atoms. The van der Waals surface area contributed by atoms with Crippen LogP contribution in [0.15, 0.2) is 24.3 Å². The standard InChI is InChI=1S/C17H28N4/c1-5-11-21-16-9-7-6-8-15(16)19-17(21)13-18-10-12-20(4)14(2)3/h6-9,14,18H,5,10-13H2,1-4H3. The van der Waals surface area contributed by atoms with E-state index in [1.54, 1.807) is 0 Å². The summed E-state index contributed by atoms with van der Waals surface area (Å²) < 4.78 is 2.34.